The van der Waals surface area contributed by atoms with E-state index in [4.69, 9.17) is 0 Å². The van der Waals surface area contributed by atoms with Crippen LogP contribution in [0.2, 0.25) is 0 Å². The van der Waals surface area contributed by atoms with Crippen molar-refractivity contribution in [2.75, 3.05) is 5.32 Å². The number of imidazole rings is 1. The van der Waals surface area contributed by atoms with E-state index in [1.54, 1.807) is 6.07 Å². The van der Waals surface area contributed by atoms with Crippen LogP contribution in [-0.4, -0.2) is 14.5 Å². The van der Waals surface area contributed by atoms with Crippen molar-refractivity contribution in [1.29, 1.82) is 0 Å². The van der Waals surface area contributed by atoms with Crippen LogP contribution in [0, 0.1) is 6.92 Å². The Morgan fingerprint density at radius 3 is 2.95 bits per heavy atom. The maximum Gasteiger partial charge on any atom is 0.137 e. The second-order valence-corrected chi connectivity index (χ2v) is 4.55. The summed E-state index contributed by atoms with van der Waals surface area (Å²) in [6.07, 6.45) is 3.99. The van der Waals surface area contributed by atoms with E-state index in [1.165, 1.54) is 0 Å². The van der Waals surface area contributed by atoms with Gasteiger partial charge in [0.2, 0.25) is 0 Å². The standard InChI is InChI=1S/C15H15N3O/c1-11-8-12(5-6-14(11)19)16-9-13-10-18-7-3-2-4-15(18)17-13/h2-8,10,16,19H,9H2,1H3. The van der Waals surface area contributed by atoms with E-state index in [2.05, 4.69) is 10.3 Å². The highest BCUT2D eigenvalue weighted by Crippen LogP contribution is 2.20. The molecular weight excluding hydrogens is 238 g/mol. The van der Waals surface area contributed by atoms with Crippen LogP contribution in [0.25, 0.3) is 5.65 Å². The van der Waals surface area contributed by atoms with Crippen molar-refractivity contribution in [3.05, 3.63) is 60.0 Å². The third-order valence-corrected chi connectivity index (χ3v) is 3.08. The molecule has 0 aliphatic carbocycles. The monoisotopic (exact) mass is 253 g/mol. The molecule has 2 heterocycles. The summed E-state index contributed by atoms with van der Waals surface area (Å²) >= 11 is 0. The molecule has 0 radical (unpaired) electrons. The van der Waals surface area contributed by atoms with Gasteiger partial charge in [-0.25, -0.2) is 4.98 Å². The van der Waals surface area contributed by atoms with Crippen molar-refractivity contribution in [1.82, 2.24) is 9.38 Å². The second kappa shape index (κ2) is 4.65. The predicted octanol–water partition coefficient (Wildman–Crippen LogP) is 2.96. The van der Waals surface area contributed by atoms with Gasteiger partial charge in [0.25, 0.3) is 0 Å². The van der Waals surface area contributed by atoms with Crippen LogP contribution in [0.1, 0.15) is 11.3 Å². The van der Waals surface area contributed by atoms with Gasteiger partial charge in [0.1, 0.15) is 11.4 Å². The first-order chi connectivity index (χ1) is 9.22. The molecular formula is C15H15N3O. The fourth-order valence-electron chi connectivity index (χ4n) is 2.03. The zero-order valence-electron chi connectivity index (χ0n) is 10.7. The Kier molecular flexibility index (Phi) is 2.83. The Balaban J connectivity index is 1.76. The van der Waals surface area contributed by atoms with Gasteiger partial charge in [0.05, 0.1) is 12.2 Å². The molecule has 0 saturated heterocycles. The van der Waals surface area contributed by atoms with Crippen LogP contribution in [0.5, 0.6) is 5.75 Å². The Bertz CT molecular complexity index is 685. The first-order valence-corrected chi connectivity index (χ1v) is 6.18. The van der Waals surface area contributed by atoms with Gasteiger partial charge in [-0.2, -0.15) is 0 Å². The molecule has 2 aromatic heterocycles. The number of aryl methyl sites for hydroxylation is 1. The average molecular weight is 253 g/mol. The summed E-state index contributed by atoms with van der Waals surface area (Å²) in [7, 11) is 0. The lowest BCUT2D eigenvalue weighted by Crippen LogP contribution is -1.99. The molecule has 4 nitrogen and oxygen atoms in total. The van der Waals surface area contributed by atoms with E-state index < -0.39 is 0 Å². The molecule has 3 rings (SSSR count). The highest BCUT2D eigenvalue weighted by molar-refractivity contribution is 5.50. The van der Waals surface area contributed by atoms with Crippen LogP contribution in [0.4, 0.5) is 5.69 Å². The fraction of sp³-hybridized carbons (Fsp3) is 0.133. The number of nitrogens with one attached hydrogen (secondary N) is 1. The summed E-state index contributed by atoms with van der Waals surface area (Å²) in [6, 6.07) is 11.4. The van der Waals surface area contributed by atoms with Gasteiger partial charge >= 0.3 is 0 Å². The van der Waals surface area contributed by atoms with Crippen LogP contribution in [0.3, 0.4) is 0 Å². The molecule has 96 valence electrons. The molecule has 0 atom stereocenters. The minimum atomic E-state index is 0.318. The van der Waals surface area contributed by atoms with Crippen molar-refractivity contribution in [2.24, 2.45) is 0 Å². The number of aromatic hydroxyl groups is 1. The largest absolute Gasteiger partial charge is 0.508 e. The van der Waals surface area contributed by atoms with Crippen LogP contribution >= 0.6 is 0 Å². The molecule has 19 heavy (non-hydrogen) atoms. The molecule has 2 N–H and O–H groups in total. The van der Waals surface area contributed by atoms with Gasteiger partial charge < -0.3 is 14.8 Å². The number of fused-ring (bicyclic) bond motifs is 1. The molecule has 0 aliphatic heterocycles. The highest BCUT2D eigenvalue weighted by atomic mass is 16.3. The smallest absolute Gasteiger partial charge is 0.137 e. The molecule has 0 saturated carbocycles. The van der Waals surface area contributed by atoms with Gasteiger partial charge in [-0.1, -0.05) is 6.07 Å². The van der Waals surface area contributed by atoms with E-state index in [0.717, 1.165) is 22.6 Å². The molecule has 0 aliphatic rings. The molecule has 0 spiro atoms. The summed E-state index contributed by atoms with van der Waals surface area (Å²) < 4.78 is 2.00. The number of nitrogens with zero attached hydrogens (tertiary/aromatic N) is 2. The van der Waals surface area contributed by atoms with Crippen molar-refractivity contribution in [3.8, 4) is 5.75 Å². The van der Waals surface area contributed by atoms with E-state index in [-0.39, 0.29) is 0 Å². The van der Waals surface area contributed by atoms with Gasteiger partial charge in [-0.05, 0) is 42.8 Å². The highest BCUT2D eigenvalue weighted by Gasteiger charge is 2.02. The molecule has 1 aromatic carbocycles. The Hall–Kier alpha value is -2.49. The van der Waals surface area contributed by atoms with Crippen LogP contribution < -0.4 is 5.32 Å². The minimum Gasteiger partial charge on any atom is -0.508 e. The summed E-state index contributed by atoms with van der Waals surface area (Å²) in [5, 5.41) is 12.8. The topological polar surface area (TPSA) is 49.6 Å². The lowest BCUT2D eigenvalue weighted by Gasteiger charge is -2.06. The van der Waals surface area contributed by atoms with E-state index >= 15 is 0 Å². The number of aromatic nitrogens is 2. The van der Waals surface area contributed by atoms with E-state index in [1.807, 2.05) is 54.0 Å². The summed E-state index contributed by atoms with van der Waals surface area (Å²) in [5.74, 6) is 0.318. The second-order valence-electron chi connectivity index (χ2n) is 4.55. The molecule has 0 fully saturated rings. The van der Waals surface area contributed by atoms with Crippen molar-refractivity contribution < 1.29 is 5.11 Å². The minimum absolute atomic E-state index is 0.318. The van der Waals surface area contributed by atoms with Crippen molar-refractivity contribution >= 4 is 11.3 Å². The lowest BCUT2D eigenvalue weighted by molar-refractivity contribution is 0.471. The number of anilines is 1. The number of phenols is 1. The average Bonchev–Trinajstić information content (AvgIpc) is 2.83. The van der Waals surface area contributed by atoms with E-state index in [9.17, 15) is 5.11 Å². The number of rotatable bonds is 3. The Labute approximate surface area is 111 Å². The molecule has 0 unspecified atom stereocenters. The SMILES string of the molecule is Cc1cc(NCc2cn3ccccc3n2)ccc1O. The quantitative estimate of drug-likeness (QED) is 0.705. The summed E-state index contributed by atoms with van der Waals surface area (Å²) in [6.45, 7) is 2.54. The maximum atomic E-state index is 9.48. The third kappa shape index (κ3) is 2.38. The van der Waals surface area contributed by atoms with Crippen LogP contribution in [0.15, 0.2) is 48.8 Å². The molecule has 0 bridgehead atoms. The maximum absolute atomic E-state index is 9.48. The van der Waals surface area contributed by atoms with Crippen molar-refractivity contribution in [3.63, 3.8) is 0 Å². The zero-order chi connectivity index (χ0) is 13.2. The van der Waals surface area contributed by atoms with Gasteiger partial charge in [-0.3, -0.25) is 0 Å². The number of phenolic OH excluding ortho intramolecular Hbond substituents is 1. The number of hydrogen-bond acceptors (Lipinski definition) is 3. The number of hydrogen-bond donors (Lipinski definition) is 2. The summed E-state index contributed by atoms with van der Waals surface area (Å²) in [4.78, 5) is 4.52. The number of benzene rings is 1. The Morgan fingerprint density at radius 1 is 1.26 bits per heavy atom. The Morgan fingerprint density at radius 2 is 2.16 bits per heavy atom. The van der Waals surface area contributed by atoms with E-state index in [0.29, 0.717) is 12.3 Å². The fourth-order valence-corrected chi connectivity index (χ4v) is 2.03. The molecule has 0 amide bonds. The van der Waals surface area contributed by atoms with Crippen molar-refractivity contribution in [2.45, 2.75) is 13.5 Å². The first-order valence-electron chi connectivity index (χ1n) is 6.18. The van der Waals surface area contributed by atoms with Gasteiger partial charge in [-0.15, -0.1) is 0 Å². The lowest BCUT2D eigenvalue weighted by atomic mass is 10.2. The van der Waals surface area contributed by atoms with Crippen LogP contribution in [-0.2, 0) is 6.54 Å². The predicted molar refractivity (Wildman–Crippen MR) is 75.4 cm³/mol. The van der Waals surface area contributed by atoms with Gasteiger partial charge in [0, 0.05) is 18.1 Å². The summed E-state index contributed by atoms with van der Waals surface area (Å²) in [5.41, 5.74) is 3.77. The third-order valence-electron chi connectivity index (χ3n) is 3.08. The molecule has 4 heteroatoms. The number of pyridine rings is 1. The zero-order valence-corrected chi connectivity index (χ0v) is 10.7. The normalized spacial score (nSPS) is 10.8. The van der Waals surface area contributed by atoms with Gasteiger partial charge in [0.15, 0.2) is 0 Å². The molecule has 3 aromatic rings. The first kappa shape index (κ1) is 11.6.